The zero-order chi connectivity index (χ0) is 14.2. The number of aliphatic hydroxyl groups is 1. The van der Waals surface area contributed by atoms with E-state index in [1.54, 1.807) is 10.9 Å². The molecule has 1 atom stereocenters. The Balaban J connectivity index is 1.67. The van der Waals surface area contributed by atoms with E-state index in [0.29, 0.717) is 25.6 Å². The Kier molecular flexibility index (Phi) is 5.76. The van der Waals surface area contributed by atoms with Gasteiger partial charge in [-0.05, 0) is 31.9 Å². The molecule has 0 aliphatic carbocycles. The molecule has 2 N–H and O–H groups in total. The monoisotopic (exact) mass is 278 g/mol. The van der Waals surface area contributed by atoms with Gasteiger partial charge in [-0.25, -0.2) is 0 Å². The highest BCUT2D eigenvalue weighted by atomic mass is 16.3. The summed E-state index contributed by atoms with van der Waals surface area (Å²) >= 11 is 0. The summed E-state index contributed by atoms with van der Waals surface area (Å²) in [6, 6.07) is 4.31. The van der Waals surface area contributed by atoms with Gasteiger partial charge in [0.05, 0.1) is 12.0 Å². The van der Waals surface area contributed by atoms with Gasteiger partial charge in [-0.1, -0.05) is 5.21 Å². The summed E-state index contributed by atoms with van der Waals surface area (Å²) in [7, 11) is 0. The largest absolute Gasteiger partial charge is 0.469 e. The zero-order valence-electron chi connectivity index (χ0n) is 11.8. The molecule has 0 radical (unpaired) electrons. The molecule has 0 aliphatic rings. The molecule has 20 heavy (non-hydrogen) atoms. The van der Waals surface area contributed by atoms with Crippen LogP contribution in [0, 0.1) is 0 Å². The summed E-state index contributed by atoms with van der Waals surface area (Å²) < 4.78 is 7.08. The highest BCUT2D eigenvalue weighted by molar-refractivity contribution is 4.98. The fourth-order valence-corrected chi connectivity index (χ4v) is 1.96. The lowest BCUT2D eigenvalue weighted by molar-refractivity contribution is 0.276. The number of aliphatic hydroxyl groups excluding tert-OH is 1. The van der Waals surface area contributed by atoms with Gasteiger partial charge in [0.15, 0.2) is 0 Å². The van der Waals surface area contributed by atoms with Gasteiger partial charge in [0.25, 0.3) is 0 Å². The molecule has 0 aromatic carbocycles. The molecule has 0 spiro atoms. The Hall–Kier alpha value is -1.66. The molecule has 0 fully saturated rings. The molecule has 6 heteroatoms. The lowest BCUT2D eigenvalue weighted by Gasteiger charge is -2.11. The molecule has 2 rings (SSSR count). The fourth-order valence-electron chi connectivity index (χ4n) is 1.96. The van der Waals surface area contributed by atoms with E-state index < -0.39 is 0 Å². The summed E-state index contributed by atoms with van der Waals surface area (Å²) in [5.74, 6) is 1.02. The number of aryl methyl sites for hydroxylation is 2. The van der Waals surface area contributed by atoms with Gasteiger partial charge in [0.1, 0.15) is 5.76 Å². The van der Waals surface area contributed by atoms with Crippen molar-refractivity contribution < 1.29 is 9.52 Å². The first-order chi connectivity index (χ1) is 9.78. The van der Waals surface area contributed by atoms with E-state index >= 15 is 0 Å². The summed E-state index contributed by atoms with van der Waals surface area (Å²) in [5, 5.41) is 20.3. The Labute approximate surface area is 118 Å². The number of nitrogens with one attached hydrogen (secondary N) is 1. The number of furan rings is 1. The molecular formula is C14H22N4O2. The van der Waals surface area contributed by atoms with Crippen molar-refractivity contribution in [1.82, 2.24) is 20.3 Å². The smallest absolute Gasteiger partial charge is 0.103 e. The van der Waals surface area contributed by atoms with Crippen LogP contribution in [0.4, 0.5) is 0 Å². The SMILES string of the molecule is CC(CCc1ccco1)NCc1cn(CCCO)nn1. The lowest BCUT2D eigenvalue weighted by Crippen LogP contribution is -2.26. The van der Waals surface area contributed by atoms with Crippen molar-refractivity contribution in [2.24, 2.45) is 0 Å². The van der Waals surface area contributed by atoms with Crippen LogP contribution in [0.5, 0.6) is 0 Å². The topological polar surface area (TPSA) is 76.1 Å². The molecular weight excluding hydrogens is 256 g/mol. The predicted molar refractivity (Wildman–Crippen MR) is 75.1 cm³/mol. The van der Waals surface area contributed by atoms with Gasteiger partial charge >= 0.3 is 0 Å². The summed E-state index contributed by atoms with van der Waals surface area (Å²) in [4.78, 5) is 0. The highest BCUT2D eigenvalue weighted by Gasteiger charge is 2.06. The van der Waals surface area contributed by atoms with E-state index in [1.807, 2.05) is 18.3 Å². The summed E-state index contributed by atoms with van der Waals surface area (Å²) in [6.07, 6.45) is 6.28. The molecule has 0 saturated carbocycles. The Bertz CT molecular complexity index is 481. The first-order valence-corrected chi connectivity index (χ1v) is 7.03. The van der Waals surface area contributed by atoms with Crippen LogP contribution in [-0.4, -0.2) is 32.7 Å². The fraction of sp³-hybridized carbons (Fsp3) is 0.571. The molecule has 0 amide bonds. The van der Waals surface area contributed by atoms with Crippen LogP contribution in [0.15, 0.2) is 29.0 Å². The molecule has 2 aromatic heterocycles. The van der Waals surface area contributed by atoms with Crippen LogP contribution in [0.25, 0.3) is 0 Å². The van der Waals surface area contributed by atoms with Crippen molar-refractivity contribution in [1.29, 1.82) is 0 Å². The first kappa shape index (κ1) is 14.7. The van der Waals surface area contributed by atoms with Crippen molar-refractivity contribution in [3.05, 3.63) is 36.0 Å². The van der Waals surface area contributed by atoms with Gasteiger partial charge in [-0.3, -0.25) is 4.68 Å². The average molecular weight is 278 g/mol. The van der Waals surface area contributed by atoms with E-state index in [1.165, 1.54) is 0 Å². The van der Waals surface area contributed by atoms with E-state index in [4.69, 9.17) is 9.52 Å². The maximum atomic E-state index is 8.77. The second-order valence-corrected chi connectivity index (χ2v) is 4.95. The van der Waals surface area contributed by atoms with Crippen molar-refractivity contribution in [2.75, 3.05) is 6.61 Å². The Morgan fingerprint density at radius 3 is 3.15 bits per heavy atom. The predicted octanol–water partition coefficient (Wildman–Crippen LogP) is 1.36. The summed E-state index contributed by atoms with van der Waals surface area (Å²) in [5.41, 5.74) is 0.924. The molecule has 0 aliphatic heterocycles. The van der Waals surface area contributed by atoms with E-state index in [9.17, 15) is 0 Å². The van der Waals surface area contributed by atoms with Gasteiger partial charge in [0, 0.05) is 38.4 Å². The number of aromatic nitrogens is 3. The maximum absolute atomic E-state index is 8.77. The van der Waals surface area contributed by atoms with Crippen LogP contribution in [0.3, 0.4) is 0 Å². The molecule has 1 unspecified atom stereocenters. The minimum Gasteiger partial charge on any atom is -0.469 e. The van der Waals surface area contributed by atoms with Crippen molar-refractivity contribution >= 4 is 0 Å². The highest BCUT2D eigenvalue weighted by Crippen LogP contribution is 2.06. The van der Waals surface area contributed by atoms with Crippen LogP contribution in [0.1, 0.15) is 31.2 Å². The number of hydrogen-bond acceptors (Lipinski definition) is 5. The van der Waals surface area contributed by atoms with Crippen LogP contribution in [0.2, 0.25) is 0 Å². The molecule has 2 aromatic rings. The van der Waals surface area contributed by atoms with Gasteiger partial charge < -0.3 is 14.8 Å². The Morgan fingerprint density at radius 2 is 2.40 bits per heavy atom. The van der Waals surface area contributed by atoms with E-state index in [2.05, 4.69) is 22.6 Å². The van der Waals surface area contributed by atoms with Gasteiger partial charge in [-0.15, -0.1) is 5.10 Å². The van der Waals surface area contributed by atoms with Gasteiger partial charge in [-0.2, -0.15) is 0 Å². The van der Waals surface area contributed by atoms with Crippen molar-refractivity contribution in [3.63, 3.8) is 0 Å². The average Bonchev–Trinajstić information content (AvgIpc) is 3.12. The van der Waals surface area contributed by atoms with Crippen LogP contribution in [-0.2, 0) is 19.5 Å². The third-order valence-corrected chi connectivity index (χ3v) is 3.17. The van der Waals surface area contributed by atoms with Crippen LogP contribution < -0.4 is 5.32 Å². The van der Waals surface area contributed by atoms with Crippen molar-refractivity contribution in [3.8, 4) is 0 Å². The normalized spacial score (nSPS) is 12.7. The zero-order valence-corrected chi connectivity index (χ0v) is 11.8. The maximum Gasteiger partial charge on any atom is 0.103 e. The minimum absolute atomic E-state index is 0.178. The summed E-state index contributed by atoms with van der Waals surface area (Å²) in [6.45, 7) is 3.74. The van der Waals surface area contributed by atoms with Crippen LogP contribution >= 0.6 is 0 Å². The molecule has 6 nitrogen and oxygen atoms in total. The second kappa shape index (κ2) is 7.81. The number of rotatable bonds is 9. The molecule has 0 bridgehead atoms. The Morgan fingerprint density at radius 1 is 1.50 bits per heavy atom. The second-order valence-electron chi connectivity index (χ2n) is 4.95. The first-order valence-electron chi connectivity index (χ1n) is 7.03. The number of nitrogens with zero attached hydrogens (tertiary/aromatic N) is 3. The lowest BCUT2D eigenvalue weighted by atomic mass is 10.1. The quantitative estimate of drug-likeness (QED) is 0.724. The van der Waals surface area contributed by atoms with Crippen molar-refractivity contribution in [2.45, 2.75) is 45.3 Å². The third kappa shape index (κ3) is 4.79. The molecule has 2 heterocycles. The van der Waals surface area contributed by atoms with E-state index in [0.717, 1.165) is 24.3 Å². The molecule has 110 valence electrons. The standard InChI is InChI=1S/C14H22N4O2/c1-12(5-6-14-4-2-9-20-14)15-10-13-11-18(17-16-13)7-3-8-19/h2,4,9,11-12,15,19H,3,5-8,10H2,1H3. The molecule has 0 saturated heterocycles. The van der Waals surface area contributed by atoms with Gasteiger partial charge in [0.2, 0.25) is 0 Å². The van der Waals surface area contributed by atoms with E-state index in [-0.39, 0.29) is 6.61 Å². The third-order valence-electron chi connectivity index (χ3n) is 3.17. The number of hydrogen-bond donors (Lipinski definition) is 2. The minimum atomic E-state index is 0.178.